The number of allylic oxidation sites excluding steroid dienone is 1. The Balaban J connectivity index is 0.00000533. The highest BCUT2D eigenvalue weighted by molar-refractivity contribution is 8.93. The minimum absolute atomic E-state index is 0. The number of rotatable bonds is 11. The first-order valence-electron chi connectivity index (χ1n) is 12.7. The van der Waals surface area contributed by atoms with Crippen molar-refractivity contribution >= 4 is 50.4 Å². The van der Waals surface area contributed by atoms with E-state index in [0.717, 1.165) is 11.1 Å². The molecule has 1 aliphatic heterocycles. The quantitative estimate of drug-likeness (QED) is 0.210. The van der Waals surface area contributed by atoms with Crippen molar-refractivity contribution in [3.8, 4) is 0 Å². The topological polar surface area (TPSA) is 132 Å². The first kappa shape index (κ1) is 33.7. The number of methoxy groups -OCH3 is 1. The van der Waals surface area contributed by atoms with Crippen LogP contribution in [0.1, 0.15) is 45.6 Å². The zero-order chi connectivity index (χ0) is 28.1. The van der Waals surface area contributed by atoms with Crippen LogP contribution >= 0.6 is 28.6 Å². The summed E-state index contributed by atoms with van der Waals surface area (Å²) in [7, 11) is -2.27. The summed E-state index contributed by atoms with van der Waals surface area (Å²) in [5, 5.41) is 14.0. The lowest BCUT2D eigenvalue weighted by atomic mass is 9.66. The van der Waals surface area contributed by atoms with Crippen LogP contribution in [0.2, 0.25) is 0 Å². The molecule has 2 fully saturated rings. The van der Waals surface area contributed by atoms with Crippen molar-refractivity contribution in [2.45, 2.75) is 76.0 Å². The second-order valence-electron chi connectivity index (χ2n) is 10.6. The van der Waals surface area contributed by atoms with Gasteiger partial charge in [0.05, 0.1) is 23.2 Å². The van der Waals surface area contributed by atoms with Crippen LogP contribution in [0.5, 0.6) is 0 Å². The number of hydrogen-bond donors (Lipinski definition) is 2. The lowest BCUT2D eigenvalue weighted by Crippen LogP contribution is -2.63. The van der Waals surface area contributed by atoms with Crippen LogP contribution in [-0.4, -0.2) is 79.5 Å². The Hall–Kier alpha value is -1.50. The first-order chi connectivity index (χ1) is 17.8. The van der Waals surface area contributed by atoms with Gasteiger partial charge < -0.3 is 19.3 Å². The summed E-state index contributed by atoms with van der Waals surface area (Å²) < 4.78 is 43.9. The van der Waals surface area contributed by atoms with Gasteiger partial charge in [-0.2, -0.15) is 0 Å². The molecule has 9 nitrogen and oxygen atoms in total. The van der Waals surface area contributed by atoms with E-state index < -0.39 is 62.8 Å². The number of imide groups is 1. The number of sulfone groups is 1. The van der Waals surface area contributed by atoms with E-state index >= 15 is 0 Å². The molecule has 6 atom stereocenters. The Kier molecular flexibility index (Phi) is 12.0. The van der Waals surface area contributed by atoms with Crippen molar-refractivity contribution in [3.05, 3.63) is 47.5 Å². The molecule has 39 heavy (non-hydrogen) atoms. The average molecular weight is 653 g/mol. The Bertz CT molecular complexity index is 1130. The van der Waals surface area contributed by atoms with E-state index in [1.165, 1.54) is 7.11 Å². The number of amides is 2. The van der Waals surface area contributed by atoms with Crippen LogP contribution in [0.3, 0.4) is 0 Å². The van der Waals surface area contributed by atoms with Crippen LogP contribution in [0.25, 0.3) is 0 Å². The molecule has 2 amide bonds. The highest BCUT2D eigenvalue weighted by Gasteiger charge is 2.68. The molecule has 1 saturated heterocycles. The number of aryl methyl sites for hydroxylation is 1. The molecule has 2 N–H and O–H groups in total. The predicted molar refractivity (Wildman–Crippen MR) is 154 cm³/mol. The van der Waals surface area contributed by atoms with Gasteiger partial charge in [-0.1, -0.05) is 42.0 Å². The van der Waals surface area contributed by atoms with Crippen molar-refractivity contribution < 1.29 is 37.3 Å². The summed E-state index contributed by atoms with van der Waals surface area (Å²) in [5.74, 6) is -2.54. The van der Waals surface area contributed by atoms with Gasteiger partial charge in [0.25, 0.3) is 0 Å². The molecule has 0 radical (unpaired) electrons. The van der Waals surface area contributed by atoms with Crippen molar-refractivity contribution in [1.82, 2.24) is 5.32 Å². The lowest BCUT2D eigenvalue weighted by Gasteiger charge is -2.48. The van der Waals surface area contributed by atoms with Crippen molar-refractivity contribution in [1.29, 1.82) is 0 Å². The van der Waals surface area contributed by atoms with E-state index in [-0.39, 0.29) is 41.7 Å². The van der Waals surface area contributed by atoms with Crippen molar-refractivity contribution in [2.75, 3.05) is 24.5 Å². The second-order valence-corrected chi connectivity index (χ2v) is 13.0. The van der Waals surface area contributed by atoms with Crippen LogP contribution in [0.4, 0.5) is 4.79 Å². The van der Waals surface area contributed by atoms with Gasteiger partial charge in [-0.25, -0.2) is 13.2 Å². The van der Waals surface area contributed by atoms with Gasteiger partial charge in [0.1, 0.15) is 23.7 Å². The Morgan fingerprint density at radius 1 is 1.26 bits per heavy atom. The molecule has 6 unspecified atom stereocenters. The Morgan fingerprint density at radius 3 is 2.51 bits per heavy atom. The third kappa shape index (κ3) is 8.74. The Morgan fingerprint density at radius 2 is 1.92 bits per heavy atom. The van der Waals surface area contributed by atoms with Gasteiger partial charge >= 0.3 is 6.09 Å². The molecule has 0 bridgehead atoms. The van der Waals surface area contributed by atoms with Crippen LogP contribution < -0.4 is 5.32 Å². The van der Waals surface area contributed by atoms with Gasteiger partial charge in [-0.05, 0) is 52.0 Å². The van der Waals surface area contributed by atoms with Crippen molar-refractivity contribution in [3.63, 3.8) is 0 Å². The maximum atomic E-state index is 13.3. The van der Waals surface area contributed by atoms with Gasteiger partial charge in [-0.3, -0.25) is 10.1 Å². The number of alkyl halides is 1. The van der Waals surface area contributed by atoms with Crippen LogP contribution in [0.15, 0.2) is 42.0 Å². The molecular formula is C27H39BrClNO8S. The summed E-state index contributed by atoms with van der Waals surface area (Å²) in [6, 6.07) is 9.30. The standard InChI is InChI=1S/C27H38ClNO8S.BrH/c1-18(2)10-11-21-26(3,37-21)24-23(35-4)20(36-25(31)29-22(30)16-28)12-14-27(24,32)17-38(33,34)15-13-19-8-6-5-7-9-19;/h5-10,20-21,23-24,32H,11-17H2,1-4H3,(H,29,30,31);1H. The minimum Gasteiger partial charge on any atom is -0.443 e. The number of epoxide rings is 1. The normalized spacial score (nSPS) is 30.0. The van der Waals surface area contributed by atoms with E-state index in [1.807, 2.05) is 62.5 Å². The third-order valence-corrected chi connectivity index (χ3v) is 9.39. The van der Waals surface area contributed by atoms with Crippen molar-refractivity contribution in [2.24, 2.45) is 5.92 Å². The SMILES string of the molecule is Br.COC1C(OC(=O)NC(=O)CCl)CCC(O)(CS(=O)(=O)CCc2ccccc2)C1C1(C)OC1CC=C(C)C. The molecule has 1 saturated carbocycles. The van der Waals surface area contributed by atoms with E-state index in [0.29, 0.717) is 12.8 Å². The third-order valence-electron chi connectivity index (χ3n) is 7.38. The second kappa shape index (κ2) is 13.9. The number of hydrogen-bond acceptors (Lipinski definition) is 8. The summed E-state index contributed by atoms with van der Waals surface area (Å²) in [5.41, 5.74) is -0.605. The van der Waals surface area contributed by atoms with E-state index in [4.69, 9.17) is 25.8 Å². The molecule has 1 aromatic rings. The number of nitrogens with one attached hydrogen (secondary N) is 1. The molecule has 1 heterocycles. The molecule has 2 aliphatic rings. The van der Waals surface area contributed by atoms with E-state index in [9.17, 15) is 23.1 Å². The summed E-state index contributed by atoms with van der Waals surface area (Å²) >= 11 is 5.46. The molecule has 12 heteroatoms. The summed E-state index contributed by atoms with van der Waals surface area (Å²) in [4.78, 5) is 23.8. The zero-order valence-electron chi connectivity index (χ0n) is 22.7. The van der Waals surface area contributed by atoms with E-state index in [2.05, 4.69) is 0 Å². The monoisotopic (exact) mass is 651 g/mol. The minimum atomic E-state index is -3.69. The number of alkyl carbamates (subject to hydrolysis) is 1. The lowest BCUT2D eigenvalue weighted by molar-refractivity contribution is -0.170. The van der Waals surface area contributed by atoms with Gasteiger partial charge in [0.2, 0.25) is 5.91 Å². The number of aliphatic hydroxyl groups is 1. The largest absolute Gasteiger partial charge is 0.443 e. The number of benzene rings is 1. The van der Waals surface area contributed by atoms with Gasteiger partial charge in [-0.15, -0.1) is 28.6 Å². The zero-order valence-corrected chi connectivity index (χ0v) is 26.0. The maximum absolute atomic E-state index is 13.3. The average Bonchev–Trinajstić information content (AvgIpc) is 3.52. The molecule has 0 spiro atoms. The highest BCUT2D eigenvalue weighted by Crippen LogP contribution is 2.55. The van der Waals surface area contributed by atoms with Crippen LogP contribution in [-0.2, 0) is 35.3 Å². The summed E-state index contributed by atoms with van der Waals surface area (Å²) in [6.45, 7) is 5.77. The fourth-order valence-electron chi connectivity index (χ4n) is 5.52. The number of carbonyl (C=O) groups is 2. The molecule has 0 aromatic heterocycles. The fourth-order valence-corrected chi connectivity index (χ4v) is 7.37. The first-order valence-corrected chi connectivity index (χ1v) is 15.1. The number of ether oxygens (including phenoxy) is 3. The molecule has 1 aromatic carbocycles. The van der Waals surface area contributed by atoms with Crippen LogP contribution in [0, 0.1) is 5.92 Å². The van der Waals surface area contributed by atoms with E-state index in [1.54, 1.807) is 0 Å². The fraction of sp³-hybridized carbons (Fsp3) is 0.630. The molecule has 220 valence electrons. The number of carbonyl (C=O) groups excluding carboxylic acids is 2. The summed E-state index contributed by atoms with van der Waals surface area (Å²) in [6.07, 6.45) is 0.134. The molecular weight excluding hydrogens is 614 g/mol. The Labute approximate surface area is 246 Å². The van der Waals surface area contributed by atoms with Gasteiger partial charge in [0, 0.05) is 13.0 Å². The number of halogens is 2. The van der Waals surface area contributed by atoms with Gasteiger partial charge in [0.15, 0.2) is 9.84 Å². The highest BCUT2D eigenvalue weighted by atomic mass is 79.9. The maximum Gasteiger partial charge on any atom is 0.414 e. The predicted octanol–water partition coefficient (Wildman–Crippen LogP) is 3.75. The molecule has 1 aliphatic carbocycles. The molecule has 3 rings (SSSR count). The smallest absolute Gasteiger partial charge is 0.414 e.